The average Bonchev–Trinajstić information content (AvgIpc) is 2.79. The molecule has 1 amide bonds. The molecule has 2 aromatic rings. The van der Waals surface area contributed by atoms with Crippen LogP contribution in [0.2, 0.25) is 0 Å². The fraction of sp³-hybridized carbons (Fsp3) is 0.429. The van der Waals surface area contributed by atoms with E-state index in [0.29, 0.717) is 17.9 Å². The molecule has 1 heterocycles. The molecule has 0 aliphatic heterocycles. The number of para-hydroxylation sites is 1. The van der Waals surface area contributed by atoms with Crippen molar-refractivity contribution in [2.75, 3.05) is 6.54 Å². The third-order valence-corrected chi connectivity index (χ3v) is 3.37. The number of hydrogen-bond acceptors (Lipinski definition) is 2. The molecule has 2 atom stereocenters. The summed E-state index contributed by atoms with van der Waals surface area (Å²) in [6.07, 6.45) is 0. The number of carbonyl (C=O) groups is 1. The molecular formula is C14H17ClFN3O. The molecule has 0 saturated heterocycles. The molecule has 2 unspecified atom stereocenters. The van der Waals surface area contributed by atoms with E-state index in [-0.39, 0.29) is 11.4 Å². The van der Waals surface area contributed by atoms with Gasteiger partial charge in [-0.25, -0.2) is 9.37 Å². The highest BCUT2D eigenvalue weighted by Crippen LogP contribution is 2.29. The van der Waals surface area contributed by atoms with Gasteiger partial charge in [0.25, 0.3) is 0 Å². The maximum absolute atomic E-state index is 13.8. The second kappa shape index (κ2) is 5.79. The molecule has 1 N–H and O–H groups in total. The van der Waals surface area contributed by atoms with E-state index < -0.39 is 17.2 Å². The van der Waals surface area contributed by atoms with Crippen LogP contribution in [0, 0.1) is 5.82 Å². The van der Waals surface area contributed by atoms with Gasteiger partial charge in [-0.1, -0.05) is 6.07 Å². The molecule has 1 aromatic heterocycles. The van der Waals surface area contributed by atoms with Gasteiger partial charge in [0.2, 0.25) is 5.91 Å². The zero-order valence-electron chi connectivity index (χ0n) is 11.7. The first-order chi connectivity index (χ1) is 9.47. The minimum absolute atomic E-state index is 0.144. The summed E-state index contributed by atoms with van der Waals surface area (Å²) in [6, 6.07) is 4.18. The van der Waals surface area contributed by atoms with E-state index in [4.69, 9.17) is 11.6 Å². The summed E-state index contributed by atoms with van der Waals surface area (Å²) < 4.78 is 15.5. The van der Waals surface area contributed by atoms with Gasteiger partial charge in [-0.2, -0.15) is 0 Å². The van der Waals surface area contributed by atoms with Gasteiger partial charge in [0.1, 0.15) is 17.4 Å². The Kier molecular flexibility index (Phi) is 4.28. The van der Waals surface area contributed by atoms with Crippen molar-refractivity contribution in [1.29, 1.82) is 0 Å². The standard InChI is InChI=1S/C14H17ClFN3O/c1-4-17-14(20)9(3)19-11-7-5-6-10(16)12(11)18-13(19)8(2)15/h5-9H,4H2,1-3H3,(H,17,20). The highest BCUT2D eigenvalue weighted by atomic mass is 35.5. The lowest BCUT2D eigenvalue weighted by Gasteiger charge is -2.17. The highest BCUT2D eigenvalue weighted by molar-refractivity contribution is 6.20. The van der Waals surface area contributed by atoms with Crippen LogP contribution in [0.1, 0.15) is 38.0 Å². The first-order valence-electron chi connectivity index (χ1n) is 6.55. The number of halogens is 2. The number of nitrogens with one attached hydrogen (secondary N) is 1. The number of hydrogen-bond donors (Lipinski definition) is 1. The summed E-state index contributed by atoms with van der Waals surface area (Å²) in [5.41, 5.74) is 0.817. The number of nitrogens with zero attached hydrogens (tertiary/aromatic N) is 2. The Morgan fingerprint density at radius 3 is 2.80 bits per heavy atom. The van der Waals surface area contributed by atoms with Crippen molar-refractivity contribution < 1.29 is 9.18 Å². The van der Waals surface area contributed by atoms with Crippen LogP contribution in [0.15, 0.2) is 18.2 Å². The Labute approximate surface area is 121 Å². The molecule has 0 aliphatic carbocycles. The van der Waals surface area contributed by atoms with Crippen molar-refractivity contribution in [2.24, 2.45) is 0 Å². The Hall–Kier alpha value is -1.62. The van der Waals surface area contributed by atoms with Gasteiger partial charge in [0.15, 0.2) is 5.82 Å². The molecule has 4 nitrogen and oxygen atoms in total. The summed E-state index contributed by atoms with van der Waals surface area (Å²) in [7, 11) is 0. The molecule has 6 heteroatoms. The molecule has 0 bridgehead atoms. The number of imidazole rings is 1. The van der Waals surface area contributed by atoms with Gasteiger partial charge in [0, 0.05) is 6.54 Å². The van der Waals surface area contributed by atoms with E-state index in [1.165, 1.54) is 6.07 Å². The largest absolute Gasteiger partial charge is 0.355 e. The maximum atomic E-state index is 13.8. The fourth-order valence-corrected chi connectivity index (χ4v) is 2.38. The fourth-order valence-electron chi connectivity index (χ4n) is 2.23. The smallest absolute Gasteiger partial charge is 0.242 e. The molecule has 0 spiro atoms. The number of carbonyl (C=O) groups excluding carboxylic acids is 1. The normalized spacial score (nSPS) is 14.2. The molecular weight excluding hydrogens is 281 g/mol. The number of rotatable bonds is 4. The first kappa shape index (κ1) is 14.8. The van der Waals surface area contributed by atoms with Gasteiger partial charge < -0.3 is 9.88 Å². The lowest BCUT2D eigenvalue weighted by atomic mass is 10.2. The van der Waals surface area contributed by atoms with Gasteiger partial charge in [0.05, 0.1) is 10.9 Å². The SMILES string of the molecule is CCNC(=O)C(C)n1c(C(C)Cl)nc2c(F)cccc21. The van der Waals surface area contributed by atoms with Crippen LogP contribution in [0.25, 0.3) is 11.0 Å². The van der Waals surface area contributed by atoms with Crippen LogP contribution in [0.5, 0.6) is 0 Å². The van der Waals surface area contributed by atoms with Crippen LogP contribution >= 0.6 is 11.6 Å². The van der Waals surface area contributed by atoms with Crippen LogP contribution < -0.4 is 5.32 Å². The van der Waals surface area contributed by atoms with E-state index in [1.807, 2.05) is 6.92 Å². The number of amides is 1. The Balaban J connectivity index is 2.63. The second-order valence-electron chi connectivity index (χ2n) is 4.63. The molecule has 0 radical (unpaired) electrons. The number of fused-ring (bicyclic) bond motifs is 1. The van der Waals surface area contributed by atoms with Gasteiger partial charge in [-0.3, -0.25) is 4.79 Å². The summed E-state index contributed by atoms with van der Waals surface area (Å²) in [6.45, 7) is 5.89. The van der Waals surface area contributed by atoms with Crippen molar-refractivity contribution in [3.63, 3.8) is 0 Å². The first-order valence-corrected chi connectivity index (χ1v) is 6.99. The summed E-state index contributed by atoms with van der Waals surface area (Å²) in [5, 5.41) is 2.34. The molecule has 1 aromatic carbocycles. The van der Waals surface area contributed by atoms with E-state index in [9.17, 15) is 9.18 Å². The average molecular weight is 298 g/mol. The van der Waals surface area contributed by atoms with Crippen LogP contribution in [-0.4, -0.2) is 22.0 Å². The third kappa shape index (κ3) is 2.50. The van der Waals surface area contributed by atoms with Crippen molar-refractivity contribution in [3.05, 3.63) is 29.8 Å². The van der Waals surface area contributed by atoms with E-state index in [1.54, 1.807) is 30.5 Å². The molecule has 0 aliphatic rings. The van der Waals surface area contributed by atoms with Gasteiger partial charge in [-0.05, 0) is 32.9 Å². The van der Waals surface area contributed by atoms with Crippen molar-refractivity contribution >= 4 is 28.5 Å². The maximum Gasteiger partial charge on any atom is 0.242 e. The molecule has 0 saturated carbocycles. The summed E-state index contributed by atoms with van der Waals surface area (Å²) in [4.78, 5) is 16.3. The van der Waals surface area contributed by atoms with Crippen molar-refractivity contribution in [1.82, 2.24) is 14.9 Å². The minimum atomic E-state index is -0.502. The summed E-state index contributed by atoms with van der Waals surface area (Å²) in [5.74, 6) is -0.0666. The number of likely N-dealkylation sites (N-methyl/N-ethyl adjacent to an activating group) is 1. The minimum Gasteiger partial charge on any atom is -0.355 e. The molecule has 2 rings (SSSR count). The monoisotopic (exact) mass is 297 g/mol. The molecule has 20 heavy (non-hydrogen) atoms. The van der Waals surface area contributed by atoms with Crippen LogP contribution in [0.3, 0.4) is 0 Å². The van der Waals surface area contributed by atoms with Crippen molar-refractivity contribution in [2.45, 2.75) is 32.2 Å². The second-order valence-corrected chi connectivity index (χ2v) is 5.29. The Bertz CT molecular complexity index is 639. The van der Waals surface area contributed by atoms with Gasteiger partial charge in [-0.15, -0.1) is 11.6 Å². The highest BCUT2D eigenvalue weighted by Gasteiger charge is 2.24. The topological polar surface area (TPSA) is 46.9 Å². The number of alkyl halides is 1. The number of benzene rings is 1. The molecule has 108 valence electrons. The third-order valence-electron chi connectivity index (χ3n) is 3.17. The predicted octanol–water partition coefficient (Wildman–Crippen LogP) is 3.17. The lowest BCUT2D eigenvalue weighted by Crippen LogP contribution is -2.31. The Morgan fingerprint density at radius 1 is 1.50 bits per heavy atom. The van der Waals surface area contributed by atoms with E-state index >= 15 is 0 Å². The summed E-state index contributed by atoms with van der Waals surface area (Å²) >= 11 is 6.12. The predicted molar refractivity (Wildman–Crippen MR) is 77.4 cm³/mol. The van der Waals surface area contributed by atoms with E-state index in [2.05, 4.69) is 10.3 Å². The quantitative estimate of drug-likeness (QED) is 0.881. The van der Waals surface area contributed by atoms with Gasteiger partial charge >= 0.3 is 0 Å². The lowest BCUT2D eigenvalue weighted by molar-refractivity contribution is -0.123. The van der Waals surface area contributed by atoms with Crippen molar-refractivity contribution in [3.8, 4) is 0 Å². The Morgan fingerprint density at radius 2 is 2.20 bits per heavy atom. The zero-order valence-corrected chi connectivity index (χ0v) is 12.4. The van der Waals surface area contributed by atoms with Crippen LogP contribution in [-0.2, 0) is 4.79 Å². The number of aromatic nitrogens is 2. The van der Waals surface area contributed by atoms with Crippen LogP contribution in [0.4, 0.5) is 4.39 Å². The van der Waals surface area contributed by atoms with E-state index in [0.717, 1.165) is 0 Å². The zero-order chi connectivity index (χ0) is 14.9. The molecule has 0 fully saturated rings.